The van der Waals surface area contributed by atoms with Gasteiger partial charge in [-0.2, -0.15) is 0 Å². The van der Waals surface area contributed by atoms with Crippen molar-refractivity contribution >= 4 is 44.2 Å². The Labute approximate surface area is 182 Å². The first-order valence-corrected chi connectivity index (χ1v) is 12.0. The minimum atomic E-state index is 0.142. The SMILES string of the molecule is Cc1cc(Cl)cc2sc(N(CCCN3CCOCC3)C(=O)C3CCCCC3)nc12. The molecule has 2 fully saturated rings. The van der Waals surface area contributed by atoms with Crippen LogP contribution in [0.25, 0.3) is 10.2 Å². The predicted octanol–water partition coefficient (Wildman–Crippen LogP) is 4.89. The first-order valence-electron chi connectivity index (χ1n) is 10.8. The number of aromatic nitrogens is 1. The summed E-state index contributed by atoms with van der Waals surface area (Å²) in [6, 6.07) is 3.90. The van der Waals surface area contributed by atoms with E-state index in [0.29, 0.717) is 0 Å². The lowest BCUT2D eigenvalue weighted by Crippen LogP contribution is -2.41. The van der Waals surface area contributed by atoms with Gasteiger partial charge in [-0.3, -0.25) is 14.6 Å². The van der Waals surface area contributed by atoms with Gasteiger partial charge in [-0.1, -0.05) is 42.2 Å². The van der Waals surface area contributed by atoms with E-state index in [9.17, 15) is 4.79 Å². The van der Waals surface area contributed by atoms with E-state index in [4.69, 9.17) is 21.3 Å². The number of aryl methyl sites for hydroxylation is 1. The summed E-state index contributed by atoms with van der Waals surface area (Å²) in [5.41, 5.74) is 2.03. The van der Waals surface area contributed by atoms with Crippen LogP contribution < -0.4 is 4.90 Å². The normalized spacial score (nSPS) is 19.0. The molecule has 1 saturated heterocycles. The first kappa shape index (κ1) is 21.0. The molecule has 1 aromatic carbocycles. The molecule has 4 rings (SSSR count). The van der Waals surface area contributed by atoms with Crippen molar-refractivity contribution < 1.29 is 9.53 Å². The molecule has 0 spiro atoms. The van der Waals surface area contributed by atoms with Gasteiger partial charge in [-0.15, -0.1) is 0 Å². The van der Waals surface area contributed by atoms with Crippen molar-refractivity contribution in [3.8, 4) is 0 Å². The van der Waals surface area contributed by atoms with Crippen LogP contribution in [0.3, 0.4) is 0 Å². The van der Waals surface area contributed by atoms with Gasteiger partial charge in [-0.05, 0) is 43.9 Å². The maximum absolute atomic E-state index is 13.4. The molecule has 2 aromatic rings. The van der Waals surface area contributed by atoms with Crippen molar-refractivity contribution in [1.82, 2.24) is 9.88 Å². The number of carbonyl (C=O) groups is 1. The van der Waals surface area contributed by atoms with E-state index in [1.54, 1.807) is 11.3 Å². The van der Waals surface area contributed by atoms with E-state index in [2.05, 4.69) is 4.90 Å². The van der Waals surface area contributed by atoms with E-state index in [0.717, 1.165) is 97.4 Å². The fourth-order valence-corrected chi connectivity index (χ4v) is 5.86. The Morgan fingerprint density at radius 2 is 2.03 bits per heavy atom. The maximum Gasteiger partial charge on any atom is 0.231 e. The van der Waals surface area contributed by atoms with Crippen molar-refractivity contribution in [3.05, 3.63) is 22.7 Å². The topological polar surface area (TPSA) is 45.7 Å². The van der Waals surface area contributed by atoms with Gasteiger partial charge in [0.15, 0.2) is 5.13 Å². The molecule has 1 aromatic heterocycles. The molecule has 0 atom stereocenters. The summed E-state index contributed by atoms with van der Waals surface area (Å²) in [5.74, 6) is 0.401. The summed E-state index contributed by atoms with van der Waals surface area (Å²) >= 11 is 7.84. The van der Waals surface area contributed by atoms with Gasteiger partial charge in [-0.25, -0.2) is 4.98 Å². The van der Waals surface area contributed by atoms with Gasteiger partial charge in [0.05, 0.1) is 23.4 Å². The number of halogens is 1. The zero-order chi connectivity index (χ0) is 20.2. The molecule has 2 heterocycles. The molecule has 0 unspecified atom stereocenters. The highest BCUT2D eigenvalue weighted by Gasteiger charge is 2.29. The van der Waals surface area contributed by atoms with Crippen molar-refractivity contribution in [2.24, 2.45) is 5.92 Å². The van der Waals surface area contributed by atoms with Crippen molar-refractivity contribution in [2.45, 2.75) is 45.4 Å². The molecular formula is C22H30ClN3O2S. The molecule has 1 aliphatic carbocycles. The number of thiazole rings is 1. The largest absolute Gasteiger partial charge is 0.379 e. The van der Waals surface area contributed by atoms with E-state index in [-0.39, 0.29) is 11.8 Å². The van der Waals surface area contributed by atoms with Crippen LogP contribution >= 0.6 is 22.9 Å². The Hall–Kier alpha value is -1.21. The summed E-state index contributed by atoms with van der Waals surface area (Å²) in [6.45, 7) is 7.33. The monoisotopic (exact) mass is 435 g/mol. The molecule has 29 heavy (non-hydrogen) atoms. The second-order valence-electron chi connectivity index (χ2n) is 8.20. The zero-order valence-electron chi connectivity index (χ0n) is 17.2. The van der Waals surface area contributed by atoms with E-state index in [1.807, 2.05) is 24.0 Å². The molecule has 7 heteroatoms. The number of nitrogens with zero attached hydrogens (tertiary/aromatic N) is 3. The summed E-state index contributed by atoms with van der Waals surface area (Å²) < 4.78 is 6.50. The van der Waals surface area contributed by atoms with Gasteiger partial charge in [0.2, 0.25) is 5.91 Å². The number of hydrogen-bond donors (Lipinski definition) is 0. The van der Waals surface area contributed by atoms with E-state index in [1.165, 1.54) is 6.42 Å². The lowest BCUT2D eigenvalue weighted by Gasteiger charge is -2.30. The number of anilines is 1. The summed E-state index contributed by atoms with van der Waals surface area (Å²) in [5, 5.41) is 1.55. The molecular weight excluding hydrogens is 406 g/mol. The molecule has 0 N–H and O–H groups in total. The number of morpholine rings is 1. The number of benzene rings is 1. The molecule has 158 valence electrons. The Morgan fingerprint density at radius 1 is 1.28 bits per heavy atom. The lowest BCUT2D eigenvalue weighted by molar-refractivity contribution is -0.123. The second-order valence-corrected chi connectivity index (χ2v) is 9.64. The van der Waals surface area contributed by atoms with Gasteiger partial charge in [0.25, 0.3) is 0 Å². The molecule has 1 saturated carbocycles. The number of fused-ring (bicyclic) bond motifs is 1. The van der Waals surface area contributed by atoms with Crippen molar-refractivity contribution in [3.63, 3.8) is 0 Å². The van der Waals surface area contributed by atoms with Crippen molar-refractivity contribution in [2.75, 3.05) is 44.3 Å². The third-order valence-electron chi connectivity index (χ3n) is 6.05. The van der Waals surface area contributed by atoms with Gasteiger partial charge in [0, 0.05) is 37.1 Å². The molecule has 2 aliphatic rings. The minimum absolute atomic E-state index is 0.142. The lowest BCUT2D eigenvalue weighted by atomic mass is 9.88. The third kappa shape index (κ3) is 5.10. The van der Waals surface area contributed by atoms with Crippen LogP contribution in [0, 0.1) is 12.8 Å². The Morgan fingerprint density at radius 3 is 2.79 bits per heavy atom. The molecule has 1 aliphatic heterocycles. The van der Waals surface area contributed by atoms with Crippen LogP contribution in [0.5, 0.6) is 0 Å². The quantitative estimate of drug-likeness (QED) is 0.647. The molecule has 0 bridgehead atoms. The third-order valence-corrected chi connectivity index (χ3v) is 7.29. The molecule has 5 nitrogen and oxygen atoms in total. The number of hydrogen-bond acceptors (Lipinski definition) is 5. The number of amides is 1. The molecule has 1 amide bonds. The number of ether oxygens (including phenoxy) is 1. The number of carbonyl (C=O) groups excluding carboxylic acids is 1. The predicted molar refractivity (Wildman–Crippen MR) is 120 cm³/mol. The van der Waals surface area contributed by atoms with E-state index >= 15 is 0 Å². The van der Waals surface area contributed by atoms with E-state index < -0.39 is 0 Å². The average molecular weight is 436 g/mol. The average Bonchev–Trinajstić information content (AvgIpc) is 3.16. The second kappa shape index (κ2) is 9.73. The highest BCUT2D eigenvalue weighted by Crippen LogP contribution is 2.35. The summed E-state index contributed by atoms with van der Waals surface area (Å²) in [4.78, 5) is 22.7. The van der Waals surface area contributed by atoms with Gasteiger partial charge in [0.1, 0.15) is 0 Å². The van der Waals surface area contributed by atoms with Crippen LogP contribution in [0.2, 0.25) is 5.02 Å². The Kier molecular flexibility index (Phi) is 7.06. The minimum Gasteiger partial charge on any atom is -0.379 e. The van der Waals surface area contributed by atoms with Crippen LogP contribution in [-0.4, -0.2) is 55.2 Å². The Bertz CT molecular complexity index is 844. The van der Waals surface area contributed by atoms with Crippen LogP contribution in [0.1, 0.15) is 44.1 Å². The number of rotatable bonds is 6. The van der Waals surface area contributed by atoms with Crippen LogP contribution in [0.15, 0.2) is 12.1 Å². The first-order chi connectivity index (χ1) is 14.1. The maximum atomic E-state index is 13.4. The highest BCUT2D eigenvalue weighted by atomic mass is 35.5. The molecule has 0 radical (unpaired) electrons. The van der Waals surface area contributed by atoms with Crippen LogP contribution in [-0.2, 0) is 9.53 Å². The smallest absolute Gasteiger partial charge is 0.231 e. The van der Waals surface area contributed by atoms with Gasteiger partial charge < -0.3 is 4.74 Å². The zero-order valence-corrected chi connectivity index (χ0v) is 18.7. The summed E-state index contributed by atoms with van der Waals surface area (Å²) in [7, 11) is 0. The summed E-state index contributed by atoms with van der Waals surface area (Å²) in [6.07, 6.45) is 6.54. The van der Waals surface area contributed by atoms with Crippen LogP contribution in [0.4, 0.5) is 5.13 Å². The fourth-order valence-electron chi connectivity index (χ4n) is 4.41. The fraction of sp³-hybridized carbons (Fsp3) is 0.636. The van der Waals surface area contributed by atoms with Crippen molar-refractivity contribution in [1.29, 1.82) is 0 Å². The Balaban J connectivity index is 1.53. The van der Waals surface area contributed by atoms with Gasteiger partial charge >= 0.3 is 0 Å². The standard InChI is InChI=1S/C22H30ClN3O2S/c1-16-14-18(23)15-19-20(16)24-22(29-19)26(21(27)17-6-3-2-4-7-17)9-5-8-25-10-12-28-13-11-25/h14-15,17H,2-13H2,1H3. The highest BCUT2D eigenvalue weighted by molar-refractivity contribution is 7.22.